The normalized spacial score (nSPS) is 25.2. The summed E-state index contributed by atoms with van der Waals surface area (Å²) in [5.74, 6) is -0.376. The fraction of sp³-hybridized carbons (Fsp3) is 0.875. The third kappa shape index (κ3) is 5.30. The first kappa shape index (κ1) is 16.3. The number of hydrogen-bond donors (Lipinski definition) is 2. The third-order valence-corrected chi connectivity index (χ3v) is 4.82. The molecule has 120 valence electrons. The fourth-order valence-corrected chi connectivity index (χ4v) is 3.67. The lowest BCUT2D eigenvalue weighted by atomic mass is 9.69. The molecule has 0 radical (unpaired) electrons. The highest BCUT2D eigenvalue weighted by atomic mass is 16.5. The molecule has 2 N–H and O–H groups in total. The van der Waals surface area contributed by atoms with Gasteiger partial charge in [0.25, 0.3) is 0 Å². The molecule has 21 heavy (non-hydrogen) atoms. The number of hydrogen-bond acceptors (Lipinski definition) is 3. The highest BCUT2D eigenvalue weighted by molar-refractivity contribution is 5.78. The topological polar surface area (TPSA) is 75.6 Å². The van der Waals surface area contributed by atoms with Gasteiger partial charge >= 0.3 is 5.97 Å². The van der Waals surface area contributed by atoms with Crippen molar-refractivity contribution in [2.75, 3.05) is 19.8 Å². The van der Waals surface area contributed by atoms with Gasteiger partial charge in [0.1, 0.15) is 0 Å². The first-order valence-corrected chi connectivity index (χ1v) is 8.16. The molecule has 2 fully saturated rings. The van der Waals surface area contributed by atoms with Crippen molar-refractivity contribution in [2.45, 2.75) is 57.8 Å². The number of carbonyl (C=O) groups is 2. The van der Waals surface area contributed by atoms with Crippen molar-refractivity contribution in [3.63, 3.8) is 0 Å². The molecule has 1 amide bonds. The van der Waals surface area contributed by atoms with E-state index in [1.54, 1.807) is 0 Å². The van der Waals surface area contributed by atoms with Gasteiger partial charge < -0.3 is 15.2 Å². The summed E-state index contributed by atoms with van der Waals surface area (Å²) in [6, 6.07) is 0. The molecule has 0 spiro atoms. The lowest BCUT2D eigenvalue weighted by Crippen LogP contribution is -2.38. The van der Waals surface area contributed by atoms with E-state index in [9.17, 15) is 9.59 Å². The summed E-state index contributed by atoms with van der Waals surface area (Å²) in [5.41, 5.74) is -0.322. The molecule has 0 bridgehead atoms. The van der Waals surface area contributed by atoms with E-state index in [4.69, 9.17) is 9.84 Å². The number of aliphatic carboxylic acids is 1. The van der Waals surface area contributed by atoms with Crippen LogP contribution in [0, 0.1) is 11.3 Å². The Morgan fingerprint density at radius 2 is 1.90 bits per heavy atom. The van der Waals surface area contributed by atoms with Gasteiger partial charge in [0, 0.05) is 19.6 Å². The Bertz CT molecular complexity index is 357. The van der Waals surface area contributed by atoms with E-state index < -0.39 is 5.97 Å². The second kappa shape index (κ2) is 7.78. The SMILES string of the molecule is O=C(O)CC1(CC(=O)NCC2CCCOC2)CCCCC1. The largest absolute Gasteiger partial charge is 0.481 e. The highest BCUT2D eigenvalue weighted by Crippen LogP contribution is 2.42. The number of nitrogens with one attached hydrogen (secondary N) is 1. The van der Waals surface area contributed by atoms with Crippen LogP contribution in [0.1, 0.15) is 57.8 Å². The number of carboxylic acids is 1. The Morgan fingerprint density at radius 1 is 1.14 bits per heavy atom. The van der Waals surface area contributed by atoms with Crippen LogP contribution in [-0.4, -0.2) is 36.7 Å². The summed E-state index contributed by atoms with van der Waals surface area (Å²) >= 11 is 0. The molecule has 0 aromatic heterocycles. The minimum Gasteiger partial charge on any atom is -0.481 e. The van der Waals surface area contributed by atoms with Crippen LogP contribution in [0.4, 0.5) is 0 Å². The summed E-state index contributed by atoms with van der Waals surface area (Å²) in [7, 11) is 0. The lowest BCUT2D eigenvalue weighted by Gasteiger charge is -2.35. The Balaban J connectivity index is 1.81. The van der Waals surface area contributed by atoms with E-state index in [-0.39, 0.29) is 17.7 Å². The van der Waals surface area contributed by atoms with Crippen LogP contribution in [0.2, 0.25) is 0 Å². The Kier molecular flexibility index (Phi) is 6.03. The molecule has 1 unspecified atom stereocenters. The number of amides is 1. The van der Waals surface area contributed by atoms with Gasteiger partial charge in [0.05, 0.1) is 13.0 Å². The van der Waals surface area contributed by atoms with Crippen LogP contribution < -0.4 is 5.32 Å². The Hall–Kier alpha value is -1.10. The molecule has 2 rings (SSSR count). The van der Waals surface area contributed by atoms with Crippen molar-refractivity contribution in [2.24, 2.45) is 11.3 Å². The average molecular weight is 297 g/mol. The standard InChI is InChI=1S/C16H27NO4/c18-14(17-11-13-5-4-8-21-12-13)9-16(10-15(19)20)6-2-1-3-7-16/h13H,1-12H2,(H,17,18)(H,19,20). The highest BCUT2D eigenvalue weighted by Gasteiger charge is 2.36. The molecule has 1 saturated heterocycles. The van der Waals surface area contributed by atoms with Crippen molar-refractivity contribution in [3.05, 3.63) is 0 Å². The van der Waals surface area contributed by atoms with Crippen LogP contribution in [0.5, 0.6) is 0 Å². The smallest absolute Gasteiger partial charge is 0.303 e. The van der Waals surface area contributed by atoms with Gasteiger partial charge in [-0.1, -0.05) is 19.3 Å². The van der Waals surface area contributed by atoms with Gasteiger partial charge in [0.2, 0.25) is 5.91 Å². The van der Waals surface area contributed by atoms with E-state index >= 15 is 0 Å². The second-order valence-corrected chi connectivity index (χ2v) is 6.70. The number of carbonyl (C=O) groups excluding carboxylic acids is 1. The Morgan fingerprint density at radius 3 is 2.52 bits per heavy atom. The molecule has 2 aliphatic rings. The molecule has 1 saturated carbocycles. The van der Waals surface area contributed by atoms with Gasteiger partial charge in [-0.2, -0.15) is 0 Å². The molecular weight excluding hydrogens is 270 g/mol. The zero-order chi connectivity index (χ0) is 15.1. The van der Waals surface area contributed by atoms with Crippen molar-refractivity contribution in [3.8, 4) is 0 Å². The van der Waals surface area contributed by atoms with Gasteiger partial charge in [-0.05, 0) is 37.0 Å². The lowest BCUT2D eigenvalue weighted by molar-refractivity contribution is -0.141. The van der Waals surface area contributed by atoms with Crippen molar-refractivity contribution < 1.29 is 19.4 Å². The van der Waals surface area contributed by atoms with Crippen LogP contribution in [-0.2, 0) is 14.3 Å². The molecule has 1 heterocycles. The summed E-state index contributed by atoms with van der Waals surface area (Å²) in [6.07, 6.45) is 7.58. The monoisotopic (exact) mass is 297 g/mol. The summed E-state index contributed by atoms with van der Waals surface area (Å²) in [6.45, 7) is 2.20. The quantitative estimate of drug-likeness (QED) is 0.789. The van der Waals surface area contributed by atoms with E-state index in [0.29, 0.717) is 18.9 Å². The van der Waals surface area contributed by atoms with Crippen molar-refractivity contribution in [1.82, 2.24) is 5.32 Å². The number of ether oxygens (including phenoxy) is 1. The second-order valence-electron chi connectivity index (χ2n) is 6.70. The van der Waals surface area contributed by atoms with Crippen molar-refractivity contribution in [1.29, 1.82) is 0 Å². The molecule has 1 aliphatic heterocycles. The predicted molar refractivity (Wildman–Crippen MR) is 78.9 cm³/mol. The van der Waals surface area contributed by atoms with Crippen LogP contribution in [0.3, 0.4) is 0 Å². The average Bonchev–Trinajstić information content (AvgIpc) is 2.46. The van der Waals surface area contributed by atoms with E-state index in [1.165, 1.54) is 0 Å². The molecular formula is C16H27NO4. The first-order valence-electron chi connectivity index (χ1n) is 8.16. The van der Waals surface area contributed by atoms with Gasteiger partial charge in [0.15, 0.2) is 0 Å². The predicted octanol–water partition coefficient (Wildman–Crippen LogP) is 2.34. The van der Waals surface area contributed by atoms with E-state index in [0.717, 1.165) is 58.2 Å². The summed E-state index contributed by atoms with van der Waals surface area (Å²) in [5, 5.41) is 12.1. The summed E-state index contributed by atoms with van der Waals surface area (Å²) in [4.78, 5) is 23.3. The summed E-state index contributed by atoms with van der Waals surface area (Å²) < 4.78 is 5.41. The maximum atomic E-state index is 12.2. The minimum absolute atomic E-state index is 0.00345. The molecule has 1 atom stereocenters. The number of carboxylic acid groups (broad SMARTS) is 1. The van der Waals surface area contributed by atoms with Crippen LogP contribution >= 0.6 is 0 Å². The third-order valence-electron chi connectivity index (χ3n) is 4.82. The van der Waals surface area contributed by atoms with Crippen LogP contribution in [0.15, 0.2) is 0 Å². The Labute approximate surface area is 126 Å². The number of rotatable bonds is 6. The van der Waals surface area contributed by atoms with E-state index in [2.05, 4.69) is 5.32 Å². The van der Waals surface area contributed by atoms with Crippen molar-refractivity contribution >= 4 is 11.9 Å². The van der Waals surface area contributed by atoms with Gasteiger partial charge in [-0.3, -0.25) is 9.59 Å². The fourth-order valence-electron chi connectivity index (χ4n) is 3.67. The molecule has 5 nitrogen and oxygen atoms in total. The molecule has 5 heteroatoms. The van der Waals surface area contributed by atoms with Gasteiger partial charge in [-0.15, -0.1) is 0 Å². The van der Waals surface area contributed by atoms with Crippen LogP contribution in [0.25, 0.3) is 0 Å². The molecule has 1 aliphatic carbocycles. The maximum absolute atomic E-state index is 12.2. The van der Waals surface area contributed by atoms with E-state index in [1.807, 2.05) is 0 Å². The molecule has 0 aromatic carbocycles. The van der Waals surface area contributed by atoms with Gasteiger partial charge in [-0.25, -0.2) is 0 Å². The zero-order valence-electron chi connectivity index (χ0n) is 12.7. The zero-order valence-corrected chi connectivity index (χ0v) is 12.7. The molecule has 0 aromatic rings. The maximum Gasteiger partial charge on any atom is 0.303 e. The minimum atomic E-state index is -0.787. The first-order chi connectivity index (χ1) is 10.1.